The molecule has 9 heteroatoms. The van der Waals surface area contributed by atoms with Crippen LogP contribution in [0, 0.1) is 17.8 Å². The van der Waals surface area contributed by atoms with Gasteiger partial charge in [-0.05, 0) is 59.9 Å². The van der Waals surface area contributed by atoms with E-state index in [1.807, 2.05) is 55.1 Å². The predicted octanol–water partition coefficient (Wildman–Crippen LogP) is 4.24. The smallest absolute Gasteiger partial charge is 0.271 e. The molecule has 1 aliphatic rings. The van der Waals surface area contributed by atoms with Gasteiger partial charge in [-0.15, -0.1) is 0 Å². The van der Waals surface area contributed by atoms with Gasteiger partial charge >= 0.3 is 0 Å². The quantitative estimate of drug-likeness (QED) is 0.353. The summed E-state index contributed by atoms with van der Waals surface area (Å²) < 4.78 is 6.11. The second kappa shape index (κ2) is 14.5. The van der Waals surface area contributed by atoms with Gasteiger partial charge in [0.25, 0.3) is 5.91 Å². The van der Waals surface area contributed by atoms with Gasteiger partial charge < -0.3 is 14.5 Å². The van der Waals surface area contributed by atoms with Crippen LogP contribution in [0.5, 0.6) is 5.75 Å². The molecule has 2 N–H and O–H groups in total. The van der Waals surface area contributed by atoms with E-state index in [2.05, 4.69) is 46.7 Å². The number of benzene rings is 2. The molecule has 0 aliphatic carbocycles. The Hall–Kier alpha value is -4.40. The van der Waals surface area contributed by atoms with Crippen LogP contribution in [0.25, 0.3) is 0 Å². The van der Waals surface area contributed by atoms with Crippen LogP contribution >= 0.6 is 0 Å². The number of anilines is 1. The summed E-state index contributed by atoms with van der Waals surface area (Å²) in [5.74, 6) is 0.326. The van der Waals surface area contributed by atoms with Gasteiger partial charge in [-0.2, -0.15) is 0 Å². The molecule has 1 fully saturated rings. The van der Waals surface area contributed by atoms with Crippen LogP contribution in [-0.2, 0) is 22.6 Å². The number of pyridine rings is 1. The van der Waals surface area contributed by atoms with Gasteiger partial charge in [-0.1, -0.05) is 52.0 Å². The van der Waals surface area contributed by atoms with Gasteiger partial charge in [0.1, 0.15) is 12.4 Å². The zero-order chi connectivity index (χ0) is 30.1. The zero-order valence-electron chi connectivity index (χ0n) is 24.9. The van der Waals surface area contributed by atoms with E-state index in [-0.39, 0.29) is 23.7 Å². The first-order chi connectivity index (χ1) is 20.2. The van der Waals surface area contributed by atoms with Gasteiger partial charge in [0.05, 0.1) is 5.56 Å². The fraction of sp³-hybridized carbons (Fsp3) is 0.394. The molecule has 2 atom stereocenters. The summed E-state index contributed by atoms with van der Waals surface area (Å²) in [6.07, 6.45) is 3.52. The first-order valence-electron chi connectivity index (χ1n) is 14.6. The van der Waals surface area contributed by atoms with E-state index in [0.717, 1.165) is 48.7 Å². The lowest BCUT2D eigenvalue weighted by Gasteiger charge is -2.37. The molecule has 0 bridgehead atoms. The third-order valence-corrected chi connectivity index (χ3v) is 7.89. The normalized spacial score (nSPS) is 14.7. The lowest BCUT2D eigenvalue weighted by Crippen LogP contribution is -2.50. The molecule has 42 heavy (non-hydrogen) atoms. The molecule has 222 valence electrons. The van der Waals surface area contributed by atoms with Crippen molar-refractivity contribution in [3.8, 4) is 5.75 Å². The lowest BCUT2D eigenvalue weighted by molar-refractivity contribution is -0.136. The number of hydrogen-bond acceptors (Lipinski definition) is 6. The van der Waals surface area contributed by atoms with Crippen molar-refractivity contribution in [3.63, 3.8) is 0 Å². The summed E-state index contributed by atoms with van der Waals surface area (Å²) in [6, 6.07) is 19.2. The first-order valence-corrected chi connectivity index (χ1v) is 14.6. The molecule has 2 unspecified atom stereocenters. The minimum absolute atomic E-state index is 0.0454. The van der Waals surface area contributed by atoms with Crippen LogP contribution in [0.15, 0.2) is 73.1 Å². The number of aromatic nitrogens is 1. The molecular weight excluding hydrogens is 530 g/mol. The van der Waals surface area contributed by atoms with Crippen molar-refractivity contribution >= 4 is 23.4 Å². The molecule has 4 rings (SSSR count). The van der Waals surface area contributed by atoms with Crippen LogP contribution in [0.1, 0.15) is 49.2 Å². The van der Waals surface area contributed by atoms with E-state index >= 15 is 0 Å². The number of piperazine rings is 1. The van der Waals surface area contributed by atoms with Crippen molar-refractivity contribution in [3.05, 3.63) is 89.7 Å². The molecule has 0 spiro atoms. The standard InChI is InChI=1S/C33H41N5O4/c1-23(2)25(4)33(41)38-18-16-37(17-19-38)29-11-13-30(14-12-29)42-22-28-9-6-5-8-26(28)20-24(3)31(39)35-36-32(40)27-10-7-15-34-21-27/h5-15,21,23-25H,16-20,22H2,1-4H3,(H,35,39)(H,36,40). The fourth-order valence-corrected chi connectivity index (χ4v) is 4.80. The number of ether oxygens (including phenoxy) is 1. The average molecular weight is 572 g/mol. The Bertz CT molecular complexity index is 1340. The summed E-state index contributed by atoms with van der Waals surface area (Å²) in [6.45, 7) is 11.5. The van der Waals surface area contributed by atoms with E-state index < -0.39 is 5.91 Å². The van der Waals surface area contributed by atoms with Crippen molar-refractivity contribution in [1.82, 2.24) is 20.7 Å². The third-order valence-electron chi connectivity index (χ3n) is 7.89. The van der Waals surface area contributed by atoms with E-state index in [4.69, 9.17) is 4.74 Å². The molecule has 0 radical (unpaired) electrons. The van der Waals surface area contributed by atoms with Gasteiger partial charge in [0, 0.05) is 56.1 Å². The number of carbonyl (C=O) groups excluding carboxylic acids is 3. The summed E-state index contributed by atoms with van der Waals surface area (Å²) >= 11 is 0. The molecule has 2 heterocycles. The van der Waals surface area contributed by atoms with Gasteiger partial charge in [-0.3, -0.25) is 30.2 Å². The number of hydrogen-bond donors (Lipinski definition) is 2. The Morgan fingerprint density at radius 1 is 0.857 bits per heavy atom. The third kappa shape index (κ3) is 8.09. The highest BCUT2D eigenvalue weighted by Crippen LogP contribution is 2.24. The van der Waals surface area contributed by atoms with Crippen LogP contribution in [0.4, 0.5) is 5.69 Å². The molecule has 2 aromatic carbocycles. The number of hydrazine groups is 1. The summed E-state index contributed by atoms with van der Waals surface area (Å²) in [5, 5.41) is 0. The lowest BCUT2D eigenvalue weighted by atomic mass is 9.96. The highest BCUT2D eigenvalue weighted by Gasteiger charge is 2.26. The van der Waals surface area contributed by atoms with Gasteiger partial charge in [0.15, 0.2) is 0 Å². The Balaban J connectivity index is 1.26. The maximum Gasteiger partial charge on any atom is 0.271 e. The molecular formula is C33H41N5O4. The first kappa shape index (κ1) is 30.6. The van der Waals surface area contributed by atoms with E-state index in [9.17, 15) is 14.4 Å². The number of nitrogens with one attached hydrogen (secondary N) is 2. The largest absolute Gasteiger partial charge is 0.489 e. The number of rotatable bonds is 10. The second-order valence-corrected chi connectivity index (χ2v) is 11.2. The van der Waals surface area contributed by atoms with Crippen LogP contribution in [-0.4, -0.2) is 53.8 Å². The minimum Gasteiger partial charge on any atom is -0.489 e. The van der Waals surface area contributed by atoms with Gasteiger partial charge in [-0.25, -0.2) is 0 Å². The highest BCUT2D eigenvalue weighted by molar-refractivity contribution is 5.95. The summed E-state index contributed by atoms with van der Waals surface area (Å²) in [7, 11) is 0. The molecule has 1 saturated heterocycles. The van der Waals surface area contributed by atoms with E-state index in [1.54, 1.807) is 18.3 Å². The Morgan fingerprint density at radius 3 is 2.19 bits per heavy atom. The van der Waals surface area contributed by atoms with Crippen molar-refractivity contribution < 1.29 is 19.1 Å². The predicted molar refractivity (Wildman–Crippen MR) is 163 cm³/mol. The molecule has 1 aliphatic heterocycles. The monoisotopic (exact) mass is 571 g/mol. The Kier molecular flexibility index (Phi) is 10.5. The zero-order valence-corrected chi connectivity index (χ0v) is 24.9. The van der Waals surface area contributed by atoms with Crippen LogP contribution < -0.4 is 20.5 Å². The van der Waals surface area contributed by atoms with Crippen molar-refractivity contribution in [2.24, 2.45) is 17.8 Å². The number of carbonyl (C=O) groups is 3. The van der Waals surface area contributed by atoms with Crippen molar-refractivity contribution in [1.29, 1.82) is 0 Å². The topological polar surface area (TPSA) is 104 Å². The maximum absolute atomic E-state index is 12.7. The average Bonchev–Trinajstić information content (AvgIpc) is 3.03. The highest BCUT2D eigenvalue weighted by atomic mass is 16.5. The van der Waals surface area contributed by atoms with E-state index in [0.29, 0.717) is 24.5 Å². The fourth-order valence-electron chi connectivity index (χ4n) is 4.80. The molecule has 9 nitrogen and oxygen atoms in total. The molecule has 3 amide bonds. The van der Waals surface area contributed by atoms with Crippen LogP contribution in [0.3, 0.4) is 0 Å². The maximum atomic E-state index is 12.7. The molecule has 0 saturated carbocycles. The second-order valence-electron chi connectivity index (χ2n) is 11.2. The minimum atomic E-state index is -0.419. The van der Waals surface area contributed by atoms with Crippen molar-refractivity contribution in [2.45, 2.75) is 40.7 Å². The summed E-state index contributed by atoms with van der Waals surface area (Å²) in [5.41, 5.74) is 8.44. The number of nitrogens with zero attached hydrogens (tertiary/aromatic N) is 3. The molecule has 3 aromatic rings. The Morgan fingerprint density at radius 2 is 1.55 bits per heavy atom. The summed E-state index contributed by atoms with van der Waals surface area (Å²) in [4.78, 5) is 45.7. The van der Waals surface area contributed by atoms with Gasteiger partial charge in [0.2, 0.25) is 11.8 Å². The molecule has 1 aromatic heterocycles. The SMILES string of the molecule is CC(Cc1ccccc1COc1ccc(N2CCN(C(=O)C(C)C(C)C)CC2)cc1)C(=O)NNC(=O)c1cccnc1. The Labute approximate surface area is 248 Å². The number of amides is 3. The van der Waals surface area contributed by atoms with Crippen LogP contribution in [0.2, 0.25) is 0 Å². The van der Waals surface area contributed by atoms with E-state index in [1.165, 1.54) is 6.20 Å². The van der Waals surface area contributed by atoms with Crippen molar-refractivity contribution in [2.75, 3.05) is 31.1 Å².